The Morgan fingerprint density at radius 2 is 2.47 bits per heavy atom. The number of hydrogen-bond acceptors (Lipinski definition) is 2. The predicted octanol–water partition coefficient (Wildman–Crippen LogP) is 2.27. The minimum Gasteiger partial charge on any atom is -0.316 e. The maximum absolute atomic E-state index is 6.22. The molecule has 0 bridgehead atoms. The molecule has 1 aliphatic heterocycles. The summed E-state index contributed by atoms with van der Waals surface area (Å²) in [5.74, 6) is 1.19. The van der Waals surface area contributed by atoms with Crippen LogP contribution in [0.1, 0.15) is 31.9 Å². The van der Waals surface area contributed by atoms with E-state index in [4.69, 9.17) is 11.6 Å². The van der Waals surface area contributed by atoms with E-state index < -0.39 is 0 Å². The third-order valence-corrected chi connectivity index (χ3v) is 3.56. The van der Waals surface area contributed by atoms with Gasteiger partial charge in [0.2, 0.25) is 0 Å². The molecule has 0 radical (unpaired) electrons. The fraction of sp³-hybridized carbons (Fsp3) is 0.727. The van der Waals surface area contributed by atoms with E-state index in [9.17, 15) is 0 Å². The van der Waals surface area contributed by atoms with Crippen LogP contribution in [-0.2, 0) is 6.54 Å². The van der Waals surface area contributed by atoms with Crippen molar-refractivity contribution in [1.29, 1.82) is 0 Å². The van der Waals surface area contributed by atoms with Crippen LogP contribution in [-0.4, -0.2) is 22.9 Å². The van der Waals surface area contributed by atoms with E-state index in [0.717, 1.165) is 31.1 Å². The Morgan fingerprint density at radius 1 is 1.67 bits per heavy atom. The summed E-state index contributed by atoms with van der Waals surface area (Å²) in [6, 6.07) is 0. The molecule has 0 aromatic carbocycles. The maximum atomic E-state index is 6.22. The highest BCUT2D eigenvalue weighted by molar-refractivity contribution is 6.31. The molecular formula is C11H18ClN3. The number of piperidine rings is 1. The van der Waals surface area contributed by atoms with Crippen molar-refractivity contribution in [3.05, 3.63) is 16.9 Å². The van der Waals surface area contributed by atoms with Crippen LogP contribution in [0.4, 0.5) is 0 Å². The average Bonchev–Trinajstić information content (AvgIpc) is 2.60. The highest BCUT2D eigenvalue weighted by Gasteiger charge is 2.27. The Bertz CT molecular complexity index is 335. The van der Waals surface area contributed by atoms with Crippen LogP contribution in [0.25, 0.3) is 0 Å². The molecule has 84 valence electrons. The third kappa shape index (κ3) is 2.04. The molecule has 1 aromatic rings. The van der Waals surface area contributed by atoms with Crippen molar-refractivity contribution >= 4 is 11.6 Å². The Balaban J connectivity index is 2.29. The summed E-state index contributed by atoms with van der Waals surface area (Å²) in [4.78, 5) is 0. The molecule has 4 heteroatoms. The molecule has 15 heavy (non-hydrogen) atoms. The fourth-order valence-electron chi connectivity index (χ4n) is 2.41. The van der Waals surface area contributed by atoms with Gasteiger partial charge < -0.3 is 5.32 Å². The first-order chi connectivity index (χ1) is 7.24. The molecule has 0 saturated carbocycles. The minimum absolute atomic E-state index is 0.557. The lowest BCUT2D eigenvalue weighted by molar-refractivity contribution is 0.333. The van der Waals surface area contributed by atoms with E-state index in [1.807, 2.05) is 4.68 Å². The molecule has 2 rings (SSSR count). The van der Waals surface area contributed by atoms with Gasteiger partial charge in [0.15, 0.2) is 0 Å². The van der Waals surface area contributed by atoms with E-state index in [1.165, 1.54) is 5.69 Å². The number of nitrogens with zero attached hydrogens (tertiary/aromatic N) is 2. The SMILES string of the molecule is CCn1ncc(Cl)c1C1CCNCC1C. The van der Waals surface area contributed by atoms with Gasteiger partial charge in [0, 0.05) is 12.5 Å². The van der Waals surface area contributed by atoms with Crippen LogP contribution in [0.5, 0.6) is 0 Å². The summed E-state index contributed by atoms with van der Waals surface area (Å²) in [7, 11) is 0. The Kier molecular flexibility index (Phi) is 3.32. The zero-order valence-electron chi connectivity index (χ0n) is 9.33. The van der Waals surface area contributed by atoms with Crippen molar-refractivity contribution in [1.82, 2.24) is 15.1 Å². The minimum atomic E-state index is 0.557. The smallest absolute Gasteiger partial charge is 0.0820 e. The zero-order valence-corrected chi connectivity index (χ0v) is 10.1. The molecule has 3 nitrogen and oxygen atoms in total. The lowest BCUT2D eigenvalue weighted by Gasteiger charge is -2.30. The summed E-state index contributed by atoms with van der Waals surface area (Å²) in [5, 5.41) is 8.55. The Morgan fingerprint density at radius 3 is 3.13 bits per heavy atom. The third-order valence-electron chi connectivity index (χ3n) is 3.27. The molecule has 1 N–H and O–H groups in total. The first-order valence-electron chi connectivity index (χ1n) is 5.66. The summed E-state index contributed by atoms with van der Waals surface area (Å²) in [5.41, 5.74) is 1.23. The molecule has 0 amide bonds. The fourth-order valence-corrected chi connectivity index (χ4v) is 2.69. The lowest BCUT2D eigenvalue weighted by Crippen LogP contribution is -2.34. The molecule has 1 aliphatic rings. The standard InChI is InChI=1S/C11H18ClN3/c1-3-15-11(10(12)7-14-15)9-4-5-13-6-8(9)2/h7-9,13H,3-6H2,1-2H3. The van der Waals surface area contributed by atoms with Gasteiger partial charge in [-0.15, -0.1) is 0 Å². The van der Waals surface area contributed by atoms with Gasteiger partial charge in [-0.25, -0.2) is 0 Å². The monoisotopic (exact) mass is 227 g/mol. The topological polar surface area (TPSA) is 29.9 Å². The van der Waals surface area contributed by atoms with E-state index in [2.05, 4.69) is 24.3 Å². The maximum Gasteiger partial charge on any atom is 0.0820 e. The van der Waals surface area contributed by atoms with Gasteiger partial charge in [-0.3, -0.25) is 4.68 Å². The van der Waals surface area contributed by atoms with Gasteiger partial charge in [0.25, 0.3) is 0 Å². The molecule has 0 aliphatic carbocycles. The quantitative estimate of drug-likeness (QED) is 0.840. The Hall–Kier alpha value is -0.540. The number of halogens is 1. The van der Waals surface area contributed by atoms with E-state index in [1.54, 1.807) is 6.20 Å². The summed E-state index contributed by atoms with van der Waals surface area (Å²) >= 11 is 6.22. The second kappa shape index (κ2) is 4.54. The Labute approximate surface area is 95.8 Å². The van der Waals surface area contributed by atoms with E-state index in [-0.39, 0.29) is 0 Å². The van der Waals surface area contributed by atoms with Crippen molar-refractivity contribution in [2.24, 2.45) is 5.92 Å². The van der Waals surface area contributed by atoms with Gasteiger partial charge in [-0.05, 0) is 32.4 Å². The molecule has 2 unspecified atom stereocenters. The molecule has 1 fully saturated rings. The van der Waals surface area contributed by atoms with Crippen molar-refractivity contribution in [3.8, 4) is 0 Å². The van der Waals surface area contributed by atoms with Gasteiger partial charge in [0.1, 0.15) is 0 Å². The number of hydrogen-bond donors (Lipinski definition) is 1. The van der Waals surface area contributed by atoms with E-state index in [0.29, 0.717) is 11.8 Å². The second-order valence-corrected chi connectivity index (χ2v) is 4.68. The number of aryl methyl sites for hydroxylation is 1. The average molecular weight is 228 g/mol. The number of rotatable bonds is 2. The van der Waals surface area contributed by atoms with E-state index >= 15 is 0 Å². The molecular weight excluding hydrogens is 210 g/mol. The number of aromatic nitrogens is 2. The summed E-state index contributed by atoms with van der Waals surface area (Å²) in [6.45, 7) is 7.45. The number of nitrogens with one attached hydrogen (secondary N) is 1. The largest absolute Gasteiger partial charge is 0.316 e. The normalized spacial score (nSPS) is 26.9. The summed E-state index contributed by atoms with van der Waals surface area (Å²) < 4.78 is 2.04. The van der Waals surface area contributed by atoms with Gasteiger partial charge in [-0.1, -0.05) is 18.5 Å². The molecule has 1 saturated heterocycles. The summed E-state index contributed by atoms with van der Waals surface area (Å²) in [6.07, 6.45) is 2.93. The van der Waals surface area contributed by atoms with Crippen LogP contribution < -0.4 is 5.32 Å². The first-order valence-corrected chi connectivity index (χ1v) is 6.03. The highest BCUT2D eigenvalue weighted by Crippen LogP contribution is 2.34. The van der Waals surface area contributed by atoms with Gasteiger partial charge >= 0.3 is 0 Å². The van der Waals surface area contributed by atoms with Crippen LogP contribution in [0.3, 0.4) is 0 Å². The van der Waals surface area contributed by atoms with Gasteiger partial charge in [0.05, 0.1) is 16.9 Å². The van der Waals surface area contributed by atoms with Crippen molar-refractivity contribution in [3.63, 3.8) is 0 Å². The van der Waals surface area contributed by atoms with Crippen LogP contribution in [0.15, 0.2) is 6.20 Å². The predicted molar refractivity (Wildman–Crippen MR) is 62.3 cm³/mol. The molecule has 2 atom stereocenters. The van der Waals surface area contributed by atoms with Crippen molar-refractivity contribution in [2.45, 2.75) is 32.7 Å². The molecule has 0 spiro atoms. The zero-order chi connectivity index (χ0) is 10.8. The highest BCUT2D eigenvalue weighted by atomic mass is 35.5. The van der Waals surface area contributed by atoms with Crippen molar-refractivity contribution in [2.75, 3.05) is 13.1 Å². The lowest BCUT2D eigenvalue weighted by atomic mass is 9.85. The van der Waals surface area contributed by atoms with Gasteiger partial charge in [-0.2, -0.15) is 5.10 Å². The first kappa shape index (κ1) is 11.0. The van der Waals surface area contributed by atoms with Crippen LogP contribution >= 0.6 is 11.6 Å². The van der Waals surface area contributed by atoms with Crippen molar-refractivity contribution < 1.29 is 0 Å². The second-order valence-electron chi connectivity index (χ2n) is 4.27. The van der Waals surface area contributed by atoms with Crippen LogP contribution in [0, 0.1) is 5.92 Å². The molecule has 2 heterocycles. The van der Waals surface area contributed by atoms with Crippen LogP contribution in [0.2, 0.25) is 5.02 Å². The molecule has 1 aromatic heterocycles.